The molecule has 0 spiro atoms. The van der Waals surface area contributed by atoms with Crippen LogP contribution in [0.2, 0.25) is 0 Å². The molecule has 2 heteroatoms. The molecule has 1 unspecified atom stereocenters. The van der Waals surface area contributed by atoms with E-state index in [1.807, 2.05) is 7.05 Å². The Kier molecular flexibility index (Phi) is 8.52. The quantitative estimate of drug-likeness (QED) is 0.637. The lowest BCUT2D eigenvalue weighted by Gasteiger charge is -2.18. The van der Waals surface area contributed by atoms with Gasteiger partial charge in [0.15, 0.2) is 0 Å². The summed E-state index contributed by atoms with van der Waals surface area (Å²) < 4.78 is 6.04. The maximum absolute atomic E-state index is 6.04. The third kappa shape index (κ3) is 6.74. The zero-order chi connectivity index (χ0) is 13.9. The fourth-order valence-corrected chi connectivity index (χ4v) is 2.26. The van der Waals surface area contributed by atoms with E-state index in [1.54, 1.807) is 0 Å². The van der Waals surface area contributed by atoms with Crippen LogP contribution in [0.5, 0.6) is 0 Å². The Hall–Kier alpha value is -0.860. The first kappa shape index (κ1) is 16.2. The number of nitrogens with one attached hydrogen (secondary N) is 1. The molecule has 0 aliphatic carbocycles. The van der Waals surface area contributed by atoms with Gasteiger partial charge in [-0.05, 0) is 26.0 Å². The molecular weight excluding hydrogens is 234 g/mol. The average molecular weight is 263 g/mol. The van der Waals surface area contributed by atoms with Gasteiger partial charge in [-0.2, -0.15) is 0 Å². The summed E-state index contributed by atoms with van der Waals surface area (Å²) in [5, 5.41) is 3.22. The normalized spacial score (nSPS) is 12.6. The summed E-state index contributed by atoms with van der Waals surface area (Å²) in [5.41, 5.74) is 2.58. The highest BCUT2D eigenvalue weighted by molar-refractivity contribution is 5.24. The van der Waals surface area contributed by atoms with Gasteiger partial charge in [0.1, 0.15) is 0 Å². The van der Waals surface area contributed by atoms with Crippen molar-refractivity contribution >= 4 is 0 Å². The van der Waals surface area contributed by atoms with Crippen LogP contribution >= 0.6 is 0 Å². The summed E-state index contributed by atoms with van der Waals surface area (Å²) in [4.78, 5) is 0. The van der Waals surface area contributed by atoms with Gasteiger partial charge in [-0.3, -0.25) is 0 Å². The zero-order valence-corrected chi connectivity index (χ0v) is 12.7. The van der Waals surface area contributed by atoms with E-state index < -0.39 is 0 Å². The molecule has 2 nitrogen and oxygen atoms in total. The maximum Gasteiger partial charge on any atom is 0.0949 e. The average Bonchev–Trinajstić information content (AvgIpc) is 2.41. The molecule has 1 aromatic carbocycles. The second-order valence-corrected chi connectivity index (χ2v) is 5.25. The van der Waals surface area contributed by atoms with Crippen LogP contribution in [-0.2, 0) is 4.74 Å². The molecule has 0 radical (unpaired) electrons. The lowest BCUT2D eigenvalue weighted by molar-refractivity contribution is 0.0511. The van der Waals surface area contributed by atoms with Gasteiger partial charge in [-0.15, -0.1) is 0 Å². The molecule has 108 valence electrons. The molecule has 0 fully saturated rings. The van der Waals surface area contributed by atoms with Crippen LogP contribution in [0.15, 0.2) is 24.3 Å². The number of hydrogen-bond acceptors (Lipinski definition) is 2. The van der Waals surface area contributed by atoms with E-state index in [2.05, 4.69) is 43.4 Å². The Morgan fingerprint density at radius 2 is 1.95 bits per heavy atom. The van der Waals surface area contributed by atoms with Crippen molar-refractivity contribution in [1.29, 1.82) is 0 Å². The first-order valence-corrected chi connectivity index (χ1v) is 7.60. The van der Waals surface area contributed by atoms with E-state index in [4.69, 9.17) is 4.74 Å². The molecule has 0 aliphatic rings. The predicted molar refractivity (Wildman–Crippen MR) is 82.6 cm³/mol. The molecule has 1 atom stereocenters. The summed E-state index contributed by atoms with van der Waals surface area (Å²) in [6.07, 6.45) is 6.61. The van der Waals surface area contributed by atoms with Gasteiger partial charge in [0.05, 0.1) is 6.10 Å². The minimum absolute atomic E-state index is 0.177. The molecule has 0 aromatic heterocycles. The van der Waals surface area contributed by atoms with Crippen molar-refractivity contribution in [2.45, 2.75) is 52.1 Å². The second kappa shape index (κ2) is 9.99. The highest BCUT2D eigenvalue weighted by Crippen LogP contribution is 2.18. The van der Waals surface area contributed by atoms with Crippen LogP contribution in [-0.4, -0.2) is 20.2 Å². The predicted octanol–water partition coefficient (Wildman–Crippen LogP) is 4.24. The van der Waals surface area contributed by atoms with Crippen molar-refractivity contribution < 1.29 is 4.74 Å². The molecule has 0 heterocycles. The summed E-state index contributed by atoms with van der Waals surface area (Å²) in [6.45, 7) is 6.12. The van der Waals surface area contributed by atoms with Crippen molar-refractivity contribution in [3.63, 3.8) is 0 Å². The monoisotopic (exact) mass is 263 g/mol. The van der Waals surface area contributed by atoms with E-state index in [-0.39, 0.29) is 6.10 Å². The van der Waals surface area contributed by atoms with E-state index in [1.165, 1.54) is 43.2 Å². The van der Waals surface area contributed by atoms with Crippen molar-refractivity contribution in [2.75, 3.05) is 20.2 Å². The Morgan fingerprint density at radius 1 is 1.16 bits per heavy atom. The number of rotatable bonds is 10. The number of likely N-dealkylation sites (N-methyl/N-ethyl adjacent to an activating group) is 1. The molecule has 1 aromatic rings. The molecule has 1 N–H and O–H groups in total. The van der Waals surface area contributed by atoms with Gasteiger partial charge < -0.3 is 10.1 Å². The molecule has 0 amide bonds. The van der Waals surface area contributed by atoms with Crippen LogP contribution in [0.4, 0.5) is 0 Å². The van der Waals surface area contributed by atoms with Gasteiger partial charge in [0, 0.05) is 13.2 Å². The first-order chi connectivity index (χ1) is 9.27. The minimum Gasteiger partial charge on any atom is -0.372 e. The van der Waals surface area contributed by atoms with Gasteiger partial charge >= 0.3 is 0 Å². The van der Waals surface area contributed by atoms with E-state index in [0.717, 1.165) is 13.2 Å². The highest BCUT2D eigenvalue weighted by atomic mass is 16.5. The van der Waals surface area contributed by atoms with Crippen LogP contribution in [0.25, 0.3) is 0 Å². The molecule has 0 saturated heterocycles. The topological polar surface area (TPSA) is 21.3 Å². The van der Waals surface area contributed by atoms with E-state index in [9.17, 15) is 0 Å². The summed E-state index contributed by atoms with van der Waals surface area (Å²) in [7, 11) is 1.98. The maximum atomic E-state index is 6.04. The Bertz CT molecular complexity index is 338. The summed E-state index contributed by atoms with van der Waals surface area (Å²) >= 11 is 0. The van der Waals surface area contributed by atoms with Crippen LogP contribution < -0.4 is 5.32 Å². The fraction of sp³-hybridized carbons (Fsp3) is 0.647. The molecular formula is C17H29NO. The van der Waals surface area contributed by atoms with Crippen LogP contribution in [0.3, 0.4) is 0 Å². The van der Waals surface area contributed by atoms with Gasteiger partial charge in [0.25, 0.3) is 0 Å². The number of benzene rings is 1. The van der Waals surface area contributed by atoms with Gasteiger partial charge in [-0.1, -0.05) is 62.4 Å². The van der Waals surface area contributed by atoms with Gasteiger partial charge in [0.2, 0.25) is 0 Å². The van der Waals surface area contributed by atoms with Crippen molar-refractivity contribution in [2.24, 2.45) is 0 Å². The van der Waals surface area contributed by atoms with Crippen molar-refractivity contribution in [3.8, 4) is 0 Å². The lowest BCUT2D eigenvalue weighted by Crippen LogP contribution is -2.20. The summed E-state index contributed by atoms with van der Waals surface area (Å²) in [6, 6.07) is 8.62. The zero-order valence-electron chi connectivity index (χ0n) is 12.7. The Morgan fingerprint density at radius 3 is 2.63 bits per heavy atom. The minimum atomic E-state index is 0.177. The van der Waals surface area contributed by atoms with Crippen molar-refractivity contribution in [3.05, 3.63) is 35.4 Å². The third-order valence-corrected chi connectivity index (χ3v) is 3.37. The van der Waals surface area contributed by atoms with Crippen LogP contribution in [0, 0.1) is 6.92 Å². The SMILES string of the molecule is CCCCCCCOC(CNC)c1cccc(C)c1. The second-order valence-electron chi connectivity index (χ2n) is 5.25. The molecule has 19 heavy (non-hydrogen) atoms. The van der Waals surface area contributed by atoms with Crippen molar-refractivity contribution in [1.82, 2.24) is 5.32 Å². The van der Waals surface area contributed by atoms with E-state index >= 15 is 0 Å². The Labute approximate surface area is 118 Å². The summed E-state index contributed by atoms with van der Waals surface area (Å²) in [5.74, 6) is 0. The number of aryl methyl sites for hydroxylation is 1. The smallest absolute Gasteiger partial charge is 0.0949 e. The highest BCUT2D eigenvalue weighted by Gasteiger charge is 2.10. The number of unbranched alkanes of at least 4 members (excludes halogenated alkanes) is 4. The molecule has 1 rings (SSSR count). The number of hydrogen-bond donors (Lipinski definition) is 1. The van der Waals surface area contributed by atoms with Gasteiger partial charge in [-0.25, -0.2) is 0 Å². The van der Waals surface area contributed by atoms with E-state index in [0.29, 0.717) is 0 Å². The number of ether oxygens (including phenoxy) is 1. The molecule has 0 bridgehead atoms. The largest absolute Gasteiger partial charge is 0.372 e. The lowest BCUT2D eigenvalue weighted by atomic mass is 10.1. The first-order valence-electron chi connectivity index (χ1n) is 7.60. The Balaban J connectivity index is 2.36. The third-order valence-electron chi connectivity index (χ3n) is 3.37. The standard InChI is InChI=1S/C17H29NO/c1-4-5-6-7-8-12-19-17(14-18-3)16-11-9-10-15(2)13-16/h9-11,13,17-18H,4-8,12,14H2,1-3H3. The molecule has 0 aliphatic heterocycles. The fourth-order valence-electron chi connectivity index (χ4n) is 2.26. The molecule has 0 saturated carbocycles. The van der Waals surface area contributed by atoms with Crippen LogP contribution in [0.1, 0.15) is 56.3 Å².